The van der Waals surface area contributed by atoms with Crippen molar-refractivity contribution in [3.8, 4) is 23.0 Å². The third kappa shape index (κ3) is 2.34. The number of ether oxygens (including phenoxy) is 4. The first-order chi connectivity index (χ1) is 12.7. The number of fused-ring (bicyclic) bond motifs is 5. The van der Waals surface area contributed by atoms with Gasteiger partial charge in [0.1, 0.15) is 0 Å². The summed E-state index contributed by atoms with van der Waals surface area (Å²) in [5.74, 6) is 2.59. The summed E-state index contributed by atoms with van der Waals surface area (Å²) in [6.07, 6.45) is 3.62. The lowest BCUT2D eigenvalue weighted by molar-refractivity contribution is 0.355. The molecule has 0 aliphatic carbocycles. The van der Waals surface area contributed by atoms with E-state index in [2.05, 4.69) is 9.97 Å². The molecular weight excluding hydrogens is 332 g/mol. The minimum Gasteiger partial charge on any atom is -0.493 e. The molecule has 132 valence electrons. The predicted octanol–water partition coefficient (Wildman–Crippen LogP) is 3.97. The number of hydrogen-bond acceptors (Lipinski definition) is 6. The molecular formula is C20H18N2O4. The molecule has 6 heteroatoms. The minimum atomic E-state index is 0.643. The monoisotopic (exact) mass is 350 g/mol. The third-order valence-corrected chi connectivity index (χ3v) is 4.52. The molecule has 2 heterocycles. The van der Waals surface area contributed by atoms with E-state index in [1.165, 1.54) is 0 Å². The summed E-state index contributed by atoms with van der Waals surface area (Å²) in [4.78, 5) is 9.09. The molecule has 0 atom stereocenters. The predicted molar refractivity (Wildman–Crippen MR) is 101 cm³/mol. The van der Waals surface area contributed by atoms with Gasteiger partial charge in [-0.05, 0) is 12.1 Å². The highest BCUT2D eigenvalue weighted by Crippen LogP contribution is 2.39. The van der Waals surface area contributed by atoms with Crippen LogP contribution in [0.2, 0.25) is 0 Å². The van der Waals surface area contributed by atoms with Gasteiger partial charge in [-0.2, -0.15) is 0 Å². The first kappa shape index (κ1) is 16.2. The van der Waals surface area contributed by atoms with Crippen molar-refractivity contribution in [3.05, 3.63) is 36.7 Å². The second-order valence-electron chi connectivity index (χ2n) is 5.80. The van der Waals surface area contributed by atoms with Crippen molar-refractivity contribution in [2.24, 2.45) is 0 Å². The van der Waals surface area contributed by atoms with Gasteiger partial charge in [-0.3, -0.25) is 9.97 Å². The largest absolute Gasteiger partial charge is 0.493 e. The van der Waals surface area contributed by atoms with Crippen LogP contribution in [0.4, 0.5) is 0 Å². The molecule has 0 saturated heterocycles. The summed E-state index contributed by atoms with van der Waals surface area (Å²) in [5.41, 5.74) is 1.63. The second kappa shape index (κ2) is 6.22. The summed E-state index contributed by atoms with van der Waals surface area (Å²) in [6.45, 7) is 0. The molecule has 0 bridgehead atoms. The van der Waals surface area contributed by atoms with Crippen molar-refractivity contribution in [3.63, 3.8) is 0 Å². The lowest BCUT2D eigenvalue weighted by Gasteiger charge is -2.13. The number of rotatable bonds is 4. The van der Waals surface area contributed by atoms with Gasteiger partial charge in [0, 0.05) is 46.1 Å². The molecule has 0 aliphatic rings. The van der Waals surface area contributed by atoms with E-state index in [0.717, 1.165) is 32.6 Å². The van der Waals surface area contributed by atoms with Gasteiger partial charge < -0.3 is 18.9 Å². The summed E-state index contributed by atoms with van der Waals surface area (Å²) >= 11 is 0. The normalized spacial score (nSPS) is 11.1. The fourth-order valence-electron chi connectivity index (χ4n) is 3.25. The number of benzene rings is 2. The Labute approximate surface area is 150 Å². The van der Waals surface area contributed by atoms with E-state index in [-0.39, 0.29) is 0 Å². The van der Waals surface area contributed by atoms with E-state index < -0.39 is 0 Å². The van der Waals surface area contributed by atoms with Crippen LogP contribution in [0, 0.1) is 0 Å². The Hall–Kier alpha value is -3.28. The molecule has 2 aromatic heterocycles. The van der Waals surface area contributed by atoms with E-state index in [0.29, 0.717) is 23.0 Å². The molecule has 4 rings (SSSR count). The number of methoxy groups -OCH3 is 4. The van der Waals surface area contributed by atoms with Gasteiger partial charge in [-0.25, -0.2) is 0 Å². The van der Waals surface area contributed by atoms with Crippen LogP contribution in [-0.4, -0.2) is 38.4 Å². The van der Waals surface area contributed by atoms with Crippen molar-refractivity contribution in [1.29, 1.82) is 0 Å². The van der Waals surface area contributed by atoms with E-state index >= 15 is 0 Å². The maximum Gasteiger partial charge on any atom is 0.162 e. The van der Waals surface area contributed by atoms with Gasteiger partial charge >= 0.3 is 0 Å². The van der Waals surface area contributed by atoms with E-state index in [4.69, 9.17) is 18.9 Å². The minimum absolute atomic E-state index is 0.643. The lowest BCUT2D eigenvalue weighted by Crippen LogP contribution is -1.94. The quantitative estimate of drug-likeness (QED) is 0.519. The summed E-state index contributed by atoms with van der Waals surface area (Å²) in [7, 11) is 6.47. The summed E-state index contributed by atoms with van der Waals surface area (Å²) in [5, 5.41) is 3.88. The highest BCUT2D eigenvalue weighted by atomic mass is 16.5. The van der Waals surface area contributed by atoms with Crippen LogP contribution in [0.15, 0.2) is 36.7 Å². The maximum absolute atomic E-state index is 5.47. The fourth-order valence-corrected chi connectivity index (χ4v) is 3.25. The van der Waals surface area contributed by atoms with E-state index in [9.17, 15) is 0 Å². The third-order valence-electron chi connectivity index (χ3n) is 4.52. The van der Waals surface area contributed by atoms with Crippen LogP contribution in [-0.2, 0) is 0 Å². The van der Waals surface area contributed by atoms with Crippen LogP contribution in [0.3, 0.4) is 0 Å². The van der Waals surface area contributed by atoms with Gasteiger partial charge in [0.2, 0.25) is 0 Å². The molecule has 26 heavy (non-hydrogen) atoms. The van der Waals surface area contributed by atoms with Crippen LogP contribution in [0.25, 0.3) is 32.6 Å². The lowest BCUT2D eigenvalue weighted by atomic mass is 10.0. The molecule has 0 fully saturated rings. The standard InChI is InChI=1S/C20H18N2O4/c1-23-16-5-12-14(7-18(16)25-3)21-9-11-10-22-15-8-19(26-4)17(24-2)6-13(15)20(11)12/h5-10H,1-4H3. The number of pyridine rings is 2. The van der Waals surface area contributed by atoms with Crippen molar-refractivity contribution < 1.29 is 18.9 Å². The molecule has 0 spiro atoms. The number of hydrogen-bond donors (Lipinski definition) is 0. The maximum atomic E-state index is 5.47. The Balaban J connectivity index is 2.18. The van der Waals surface area contributed by atoms with Crippen molar-refractivity contribution in [2.75, 3.05) is 28.4 Å². The zero-order valence-corrected chi connectivity index (χ0v) is 15.0. The van der Waals surface area contributed by atoms with E-state index in [1.807, 2.05) is 36.7 Å². The average Bonchev–Trinajstić information content (AvgIpc) is 2.70. The van der Waals surface area contributed by atoms with Gasteiger partial charge in [0.25, 0.3) is 0 Å². The van der Waals surface area contributed by atoms with Gasteiger partial charge in [0.05, 0.1) is 39.5 Å². The van der Waals surface area contributed by atoms with Crippen LogP contribution >= 0.6 is 0 Å². The van der Waals surface area contributed by atoms with Crippen molar-refractivity contribution in [1.82, 2.24) is 9.97 Å². The Morgan fingerprint density at radius 1 is 0.577 bits per heavy atom. The summed E-state index contributed by atoms with van der Waals surface area (Å²) < 4.78 is 21.7. The molecule has 0 saturated carbocycles. The first-order valence-corrected chi connectivity index (χ1v) is 8.05. The number of nitrogens with zero attached hydrogens (tertiary/aromatic N) is 2. The molecule has 6 nitrogen and oxygen atoms in total. The number of aromatic nitrogens is 2. The average molecular weight is 350 g/mol. The van der Waals surface area contributed by atoms with Crippen LogP contribution in [0.1, 0.15) is 0 Å². The molecule has 0 amide bonds. The zero-order valence-electron chi connectivity index (χ0n) is 15.0. The van der Waals surface area contributed by atoms with E-state index in [1.54, 1.807) is 28.4 Å². The molecule has 0 N–H and O–H groups in total. The summed E-state index contributed by atoms with van der Waals surface area (Å²) in [6, 6.07) is 7.64. The molecule has 2 aromatic carbocycles. The molecule has 0 unspecified atom stereocenters. The van der Waals surface area contributed by atoms with Crippen molar-refractivity contribution >= 4 is 32.6 Å². The Bertz CT molecular complexity index is 1050. The van der Waals surface area contributed by atoms with Crippen LogP contribution in [0.5, 0.6) is 23.0 Å². The van der Waals surface area contributed by atoms with Crippen molar-refractivity contribution in [2.45, 2.75) is 0 Å². The molecule has 4 aromatic rings. The van der Waals surface area contributed by atoms with Gasteiger partial charge in [-0.15, -0.1) is 0 Å². The second-order valence-corrected chi connectivity index (χ2v) is 5.80. The molecule has 0 radical (unpaired) electrons. The zero-order chi connectivity index (χ0) is 18.3. The van der Waals surface area contributed by atoms with Crippen LogP contribution < -0.4 is 18.9 Å². The highest BCUT2D eigenvalue weighted by molar-refractivity contribution is 6.18. The van der Waals surface area contributed by atoms with Gasteiger partial charge in [-0.1, -0.05) is 0 Å². The van der Waals surface area contributed by atoms with Gasteiger partial charge in [0.15, 0.2) is 23.0 Å². The fraction of sp³-hybridized carbons (Fsp3) is 0.200. The Kier molecular flexibility index (Phi) is 3.88. The SMILES string of the molecule is COc1cc2ncc3cnc4cc(OC)c(OC)cc4c3c2cc1OC. The topological polar surface area (TPSA) is 62.7 Å². The first-order valence-electron chi connectivity index (χ1n) is 8.05. The smallest absolute Gasteiger partial charge is 0.162 e. The Morgan fingerprint density at radius 3 is 1.35 bits per heavy atom. The highest BCUT2D eigenvalue weighted by Gasteiger charge is 2.14. The molecule has 0 aliphatic heterocycles. The Morgan fingerprint density at radius 2 is 0.962 bits per heavy atom.